The molecule has 0 bridgehead atoms. The smallest absolute Gasteiger partial charge is 0.263 e. The molecule has 0 spiro atoms. The number of aryl methyl sites for hydroxylation is 3. The average Bonchev–Trinajstić information content (AvgIpc) is 2.25. The number of rotatable bonds is 3. The van der Waals surface area contributed by atoms with Gasteiger partial charge in [0.2, 0.25) is 0 Å². The Kier molecular flexibility index (Phi) is 4.15. The van der Waals surface area contributed by atoms with E-state index in [1.165, 1.54) is 0 Å². The Balaban J connectivity index is 2.46. The van der Waals surface area contributed by atoms with E-state index >= 15 is 0 Å². The van der Waals surface area contributed by atoms with E-state index in [1.807, 2.05) is 19.1 Å². The number of hydrogen-bond acceptors (Lipinski definition) is 3. The lowest BCUT2D eigenvalue weighted by atomic mass is 10.1. The molecule has 1 N–H and O–H groups in total. The summed E-state index contributed by atoms with van der Waals surface area (Å²) < 4.78 is 28.1. The van der Waals surface area contributed by atoms with Crippen LogP contribution in [0.25, 0.3) is 0 Å². The highest BCUT2D eigenvalue weighted by atomic mass is 79.9. The Morgan fingerprint density at radius 1 is 1.10 bits per heavy atom. The monoisotopic (exact) mass is 354 g/mol. The maximum absolute atomic E-state index is 12.5. The molecule has 1 heterocycles. The molecule has 2 rings (SSSR count). The zero-order valence-electron chi connectivity index (χ0n) is 11.4. The largest absolute Gasteiger partial charge is 0.263 e. The lowest BCUT2D eigenvalue weighted by Gasteiger charge is -2.13. The van der Waals surface area contributed by atoms with Crippen LogP contribution in [0.2, 0.25) is 0 Å². The van der Waals surface area contributed by atoms with Crippen molar-refractivity contribution in [3.8, 4) is 0 Å². The van der Waals surface area contributed by atoms with E-state index in [0.29, 0.717) is 15.3 Å². The van der Waals surface area contributed by atoms with Crippen LogP contribution in [0.15, 0.2) is 39.8 Å². The molecule has 0 atom stereocenters. The highest BCUT2D eigenvalue weighted by Gasteiger charge is 2.20. The molecule has 1 aromatic heterocycles. The number of hydrogen-bond donors (Lipinski definition) is 1. The van der Waals surface area contributed by atoms with Crippen LogP contribution in [0.4, 0.5) is 5.82 Å². The van der Waals surface area contributed by atoms with Gasteiger partial charge < -0.3 is 0 Å². The quantitative estimate of drug-likeness (QED) is 0.857. The molecular weight excluding hydrogens is 340 g/mol. The van der Waals surface area contributed by atoms with Gasteiger partial charge in [0.05, 0.1) is 4.90 Å². The summed E-state index contributed by atoms with van der Waals surface area (Å²) in [6.07, 6.45) is 0. The summed E-state index contributed by atoms with van der Waals surface area (Å²) in [5, 5.41) is 0. The summed E-state index contributed by atoms with van der Waals surface area (Å²) >= 11 is 3.22. The SMILES string of the molecule is Cc1cc(C)c(S(=O)(=O)Nc2cccc(Br)n2)c(C)c1. The average molecular weight is 355 g/mol. The van der Waals surface area contributed by atoms with Crippen molar-refractivity contribution in [2.45, 2.75) is 25.7 Å². The Labute approximate surface area is 127 Å². The molecule has 0 aliphatic carbocycles. The molecule has 0 unspecified atom stereocenters. The standard InChI is InChI=1S/C14H15BrN2O2S/c1-9-7-10(2)14(11(3)8-9)20(18,19)17-13-6-4-5-12(15)16-13/h4-8H,1-3H3,(H,16,17). The number of pyridine rings is 1. The van der Waals surface area contributed by atoms with Crippen molar-refractivity contribution in [2.75, 3.05) is 4.72 Å². The van der Waals surface area contributed by atoms with Gasteiger partial charge in [-0.3, -0.25) is 4.72 Å². The normalized spacial score (nSPS) is 11.4. The second-order valence-electron chi connectivity index (χ2n) is 4.68. The fourth-order valence-corrected chi connectivity index (χ4v) is 4.04. The fourth-order valence-electron chi connectivity index (χ4n) is 2.24. The summed E-state index contributed by atoms with van der Waals surface area (Å²) in [6.45, 7) is 5.53. The van der Waals surface area contributed by atoms with E-state index in [4.69, 9.17) is 0 Å². The topological polar surface area (TPSA) is 59.1 Å². The molecule has 0 aliphatic rings. The molecule has 0 saturated heterocycles. The highest BCUT2D eigenvalue weighted by Crippen LogP contribution is 2.24. The van der Waals surface area contributed by atoms with Crippen molar-refractivity contribution in [2.24, 2.45) is 0 Å². The highest BCUT2D eigenvalue weighted by molar-refractivity contribution is 9.10. The molecule has 2 aromatic rings. The van der Waals surface area contributed by atoms with Gasteiger partial charge in [0.15, 0.2) is 0 Å². The van der Waals surface area contributed by atoms with Crippen molar-refractivity contribution in [3.05, 3.63) is 51.6 Å². The number of nitrogens with zero attached hydrogens (tertiary/aromatic N) is 1. The van der Waals surface area contributed by atoms with Crippen LogP contribution in [0.3, 0.4) is 0 Å². The van der Waals surface area contributed by atoms with Crippen LogP contribution in [-0.2, 0) is 10.0 Å². The first-order valence-corrected chi connectivity index (χ1v) is 8.30. The molecule has 0 aliphatic heterocycles. The maximum atomic E-state index is 12.5. The van der Waals surface area contributed by atoms with Gasteiger partial charge in [0.25, 0.3) is 10.0 Å². The Bertz CT molecular complexity index is 735. The van der Waals surface area contributed by atoms with Crippen molar-refractivity contribution < 1.29 is 8.42 Å². The number of nitrogens with one attached hydrogen (secondary N) is 1. The summed E-state index contributed by atoms with van der Waals surface area (Å²) in [4.78, 5) is 4.40. The van der Waals surface area contributed by atoms with E-state index < -0.39 is 10.0 Å². The van der Waals surface area contributed by atoms with Gasteiger partial charge in [-0.05, 0) is 60.0 Å². The molecule has 0 fully saturated rings. The Morgan fingerprint density at radius 3 is 2.25 bits per heavy atom. The Hall–Kier alpha value is -1.40. The predicted molar refractivity (Wildman–Crippen MR) is 83.4 cm³/mol. The molecule has 4 nitrogen and oxygen atoms in total. The third-order valence-corrected chi connectivity index (χ3v) is 4.93. The third-order valence-electron chi connectivity index (χ3n) is 2.83. The van der Waals surface area contributed by atoms with Crippen molar-refractivity contribution >= 4 is 31.8 Å². The first-order chi connectivity index (χ1) is 9.29. The minimum Gasteiger partial charge on any atom is -0.263 e. The van der Waals surface area contributed by atoms with E-state index in [2.05, 4.69) is 25.6 Å². The van der Waals surface area contributed by atoms with Gasteiger partial charge in [-0.1, -0.05) is 23.8 Å². The van der Waals surface area contributed by atoms with Crippen LogP contribution >= 0.6 is 15.9 Å². The summed E-state index contributed by atoms with van der Waals surface area (Å²) in [6, 6.07) is 8.79. The van der Waals surface area contributed by atoms with E-state index in [9.17, 15) is 8.42 Å². The summed E-state index contributed by atoms with van der Waals surface area (Å²) in [5.74, 6) is 0.291. The van der Waals surface area contributed by atoms with Gasteiger partial charge in [0, 0.05) is 0 Å². The van der Waals surface area contributed by atoms with Crippen LogP contribution in [-0.4, -0.2) is 13.4 Å². The van der Waals surface area contributed by atoms with Gasteiger partial charge in [-0.25, -0.2) is 13.4 Å². The summed E-state index contributed by atoms with van der Waals surface area (Å²) in [7, 11) is -3.64. The second-order valence-corrected chi connectivity index (χ2v) is 7.11. The minimum atomic E-state index is -3.64. The fraction of sp³-hybridized carbons (Fsp3) is 0.214. The van der Waals surface area contributed by atoms with Crippen molar-refractivity contribution in [1.82, 2.24) is 4.98 Å². The molecule has 0 saturated carbocycles. The number of aromatic nitrogens is 1. The lowest BCUT2D eigenvalue weighted by Crippen LogP contribution is -2.16. The number of benzene rings is 1. The van der Waals surface area contributed by atoms with E-state index in [-0.39, 0.29) is 0 Å². The molecule has 0 radical (unpaired) electrons. The third kappa shape index (κ3) is 3.19. The van der Waals surface area contributed by atoms with E-state index in [1.54, 1.807) is 32.0 Å². The summed E-state index contributed by atoms with van der Waals surface area (Å²) in [5.41, 5.74) is 2.49. The van der Waals surface area contributed by atoms with Crippen LogP contribution < -0.4 is 4.72 Å². The molecule has 106 valence electrons. The first-order valence-electron chi connectivity index (χ1n) is 6.03. The molecule has 0 amide bonds. The zero-order valence-corrected chi connectivity index (χ0v) is 13.8. The molecular formula is C14H15BrN2O2S. The van der Waals surface area contributed by atoms with E-state index in [0.717, 1.165) is 16.7 Å². The van der Waals surface area contributed by atoms with Gasteiger partial charge in [-0.15, -0.1) is 0 Å². The van der Waals surface area contributed by atoms with Crippen molar-refractivity contribution in [3.63, 3.8) is 0 Å². The molecule has 1 aromatic carbocycles. The van der Waals surface area contributed by atoms with Gasteiger partial charge in [0.1, 0.15) is 10.4 Å². The lowest BCUT2D eigenvalue weighted by molar-refractivity contribution is 0.600. The first kappa shape index (κ1) is 15.0. The van der Waals surface area contributed by atoms with Crippen molar-refractivity contribution in [1.29, 1.82) is 0 Å². The van der Waals surface area contributed by atoms with Crippen LogP contribution in [0.5, 0.6) is 0 Å². The van der Waals surface area contributed by atoms with Crippen LogP contribution in [0, 0.1) is 20.8 Å². The Morgan fingerprint density at radius 2 is 1.70 bits per heavy atom. The number of halogens is 1. The predicted octanol–water partition coefficient (Wildman–Crippen LogP) is 3.57. The maximum Gasteiger partial charge on any atom is 0.263 e. The number of sulfonamides is 1. The number of anilines is 1. The second kappa shape index (κ2) is 5.54. The van der Waals surface area contributed by atoms with Gasteiger partial charge >= 0.3 is 0 Å². The minimum absolute atomic E-state index is 0.291. The van der Waals surface area contributed by atoms with Crippen LogP contribution in [0.1, 0.15) is 16.7 Å². The zero-order chi connectivity index (χ0) is 14.9. The molecule has 6 heteroatoms. The van der Waals surface area contributed by atoms with Gasteiger partial charge in [-0.2, -0.15) is 0 Å². The molecule has 20 heavy (non-hydrogen) atoms.